The van der Waals surface area contributed by atoms with E-state index in [1.54, 1.807) is 6.08 Å². The Morgan fingerprint density at radius 2 is 1.42 bits per heavy atom. The number of fused-ring (bicyclic) bond motifs is 7. The molecule has 0 aliphatic heterocycles. The van der Waals surface area contributed by atoms with Gasteiger partial charge in [-0.3, -0.25) is 0 Å². The topological polar surface area (TPSA) is 40.5 Å². The van der Waals surface area contributed by atoms with Crippen molar-refractivity contribution in [3.05, 3.63) is 12.7 Å². The van der Waals surface area contributed by atoms with Gasteiger partial charge in [-0.25, -0.2) is 0 Å². The predicted octanol–water partition coefficient (Wildman–Crippen LogP) is 8.02. The zero-order valence-electron chi connectivity index (χ0n) is 23.1. The summed E-state index contributed by atoms with van der Waals surface area (Å²) in [6.45, 7) is 19.7. The van der Waals surface area contributed by atoms with Gasteiger partial charge in [0, 0.05) is 6.61 Å². The van der Waals surface area contributed by atoms with Gasteiger partial charge in [0.2, 0.25) is 0 Å². The molecule has 0 aromatic carbocycles. The Hall–Kier alpha value is -0.340. The molecule has 5 fully saturated rings. The first kappa shape index (κ1) is 27.3. The molecule has 9 unspecified atom stereocenters. The Morgan fingerprint density at radius 1 is 0.788 bits per heavy atom. The lowest BCUT2D eigenvalue weighted by atomic mass is 9.36. The third kappa shape index (κ3) is 4.08. The molecule has 192 valence electrons. The summed E-state index contributed by atoms with van der Waals surface area (Å²) >= 11 is 0. The Bertz CT molecular complexity index is 670. The molecule has 9 atom stereocenters. The van der Waals surface area contributed by atoms with Crippen LogP contribution in [0.3, 0.4) is 0 Å². The van der Waals surface area contributed by atoms with Crippen LogP contribution in [0.25, 0.3) is 0 Å². The van der Waals surface area contributed by atoms with E-state index in [-0.39, 0.29) is 16.9 Å². The molecule has 2 heteroatoms. The van der Waals surface area contributed by atoms with Crippen LogP contribution in [0.5, 0.6) is 0 Å². The minimum Gasteiger partial charge on any atom is -0.396 e. The molecule has 5 rings (SSSR count). The Morgan fingerprint density at radius 3 is 2.06 bits per heavy atom. The summed E-state index contributed by atoms with van der Waals surface area (Å²) in [5.74, 6) is 4.04. The molecule has 2 nitrogen and oxygen atoms in total. The summed E-state index contributed by atoms with van der Waals surface area (Å²) in [7, 11) is 0. The van der Waals surface area contributed by atoms with E-state index in [1.165, 1.54) is 64.2 Å². The number of aliphatic hydroxyl groups is 2. The van der Waals surface area contributed by atoms with Crippen LogP contribution in [0.15, 0.2) is 12.7 Å². The van der Waals surface area contributed by atoms with Gasteiger partial charge in [-0.1, -0.05) is 54.0 Å². The summed E-state index contributed by atoms with van der Waals surface area (Å²) in [4.78, 5) is 0. The largest absolute Gasteiger partial charge is 0.396 e. The van der Waals surface area contributed by atoms with Crippen molar-refractivity contribution in [2.45, 2.75) is 125 Å². The monoisotopic (exact) mass is 460 g/mol. The van der Waals surface area contributed by atoms with Crippen LogP contribution in [-0.4, -0.2) is 22.9 Å². The second-order valence-corrected chi connectivity index (χ2v) is 13.3. The second-order valence-electron chi connectivity index (χ2n) is 13.3. The van der Waals surface area contributed by atoms with Gasteiger partial charge in [0.15, 0.2) is 0 Å². The fourth-order valence-corrected chi connectivity index (χ4v) is 10.6. The third-order valence-electron chi connectivity index (χ3n) is 12.0. The van der Waals surface area contributed by atoms with E-state index in [9.17, 15) is 10.2 Å². The van der Waals surface area contributed by atoms with Crippen LogP contribution >= 0.6 is 0 Å². The highest BCUT2D eigenvalue weighted by Gasteiger charge is 2.66. The van der Waals surface area contributed by atoms with Crippen LogP contribution in [0.2, 0.25) is 0 Å². The molecule has 2 N–H and O–H groups in total. The SMILES string of the molecule is C=CC.CC.CC1(C)C(O)CCC2(C)C1CCC1(C)C3CCC4(CO)CCCC4C3CCC12. The molecule has 5 aliphatic rings. The maximum absolute atomic E-state index is 10.8. The first-order valence-electron chi connectivity index (χ1n) is 14.5. The molecular formula is C31H56O2. The van der Waals surface area contributed by atoms with Crippen LogP contribution in [0.1, 0.15) is 119 Å². The van der Waals surface area contributed by atoms with Gasteiger partial charge < -0.3 is 10.2 Å². The number of hydrogen-bond acceptors (Lipinski definition) is 2. The van der Waals surface area contributed by atoms with Gasteiger partial charge in [-0.15, -0.1) is 6.58 Å². The van der Waals surface area contributed by atoms with Crippen LogP contribution in [0, 0.1) is 51.2 Å². The lowest BCUT2D eigenvalue weighted by Crippen LogP contribution is -2.63. The number of hydrogen-bond donors (Lipinski definition) is 2. The smallest absolute Gasteiger partial charge is 0.0594 e. The third-order valence-corrected chi connectivity index (χ3v) is 12.0. The number of allylic oxidation sites excluding steroid dienone is 1. The molecule has 0 bridgehead atoms. The summed E-state index contributed by atoms with van der Waals surface area (Å²) in [5.41, 5.74) is 1.23. The lowest BCUT2D eigenvalue weighted by molar-refractivity contribution is -0.216. The van der Waals surface area contributed by atoms with Gasteiger partial charge in [0.05, 0.1) is 6.10 Å². The quantitative estimate of drug-likeness (QED) is 0.389. The maximum atomic E-state index is 10.8. The van der Waals surface area contributed by atoms with E-state index in [1.807, 2.05) is 20.8 Å². The molecule has 0 amide bonds. The number of rotatable bonds is 1. The number of aliphatic hydroxyl groups excluding tert-OH is 2. The summed E-state index contributed by atoms with van der Waals surface area (Å²) in [6.07, 6.45) is 16.0. The molecule has 0 spiro atoms. The molecule has 0 aromatic rings. The van der Waals surface area contributed by atoms with Gasteiger partial charge in [0.1, 0.15) is 0 Å². The minimum atomic E-state index is -0.121. The highest BCUT2D eigenvalue weighted by Crippen LogP contribution is 2.72. The molecule has 33 heavy (non-hydrogen) atoms. The fourth-order valence-electron chi connectivity index (χ4n) is 10.6. The van der Waals surface area contributed by atoms with Crippen molar-refractivity contribution in [3.63, 3.8) is 0 Å². The molecule has 0 aromatic heterocycles. The van der Waals surface area contributed by atoms with E-state index < -0.39 is 0 Å². The summed E-state index contributed by atoms with van der Waals surface area (Å²) in [5, 5.41) is 21.1. The van der Waals surface area contributed by atoms with E-state index in [0.29, 0.717) is 23.4 Å². The highest BCUT2D eigenvalue weighted by atomic mass is 16.3. The molecule has 0 saturated heterocycles. The zero-order chi connectivity index (χ0) is 24.7. The van der Waals surface area contributed by atoms with Crippen molar-refractivity contribution in [3.8, 4) is 0 Å². The first-order chi connectivity index (χ1) is 15.6. The molecule has 0 radical (unpaired) electrons. The van der Waals surface area contributed by atoms with Gasteiger partial charge in [0.25, 0.3) is 0 Å². The van der Waals surface area contributed by atoms with Crippen molar-refractivity contribution in [1.29, 1.82) is 0 Å². The average molecular weight is 461 g/mol. The van der Waals surface area contributed by atoms with Crippen LogP contribution < -0.4 is 0 Å². The molecular weight excluding hydrogens is 404 g/mol. The van der Waals surface area contributed by atoms with Gasteiger partial charge >= 0.3 is 0 Å². The highest BCUT2D eigenvalue weighted by molar-refractivity contribution is 5.15. The summed E-state index contributed by atoms with van der Waals surface area (Å²) < 4.78 is 0. The maximum Gasteiger partial charge on any atom is 0.0594 e. The van der Waals surface area contributed by atoms with Gasteiger partial charge in [-0.05, 0) is 122 Å². The predicted molar refractivity (Wildman–Crippen MR) is 141 cm³/mol. The molecule has 5 aliphatic carbocycles. The Labute approximate surface area is 206 Å². The molecule has 0 heterocycles. The van der Waals surface area contributed by atoms with E-state index >= 15 is 0 Å². The Balaban J connectivity index is 0.000000569. The zero-order valence-corrected chi connectivity index (χ0v) is 23.1. The summed E-state index contributed by atoms with van der Waals surface area (Å²) in [6, 6.07) is 0. The van der Waals surface area contributed by atoms with Crippen molar-refractivity contribution in [2.24, 2.45) is 51.2 Å². The van der Waals surface area contributed by atoms with E-state index in [4.69, 9.17) is 0 Å². The lowest BCUT2D eigenvalue weighted by Gasteiger charge is -2.69. The van der Waals surface area contributed by atoms with Crippen molar-refractivity contribution < 1.29 is 10.2 Å². The van der Waals surface area contributed by atoms with Crippen molar-refractivity contribution in [1.82, 2.24) is 0 Å². The standard InChI is InChI=1S/C26H44O2.C3H6.C2H6/c1-23(2)20-10-13-24(3)18-9-15-26(16-27)12-5-6-19(26)17(18)7-8-21(24)25(20,4)14-11-22(23)28;1-3-2;1-2/h17-22,27-28H,5-16H2,1-4H3;3H,1H2,2H3;1-2H3. The van der Waals surface area contributed by atoms with Crippen LogP contribution in [-0.2, 0) is 0 Å². The van der Waals surface area contributed by atoms with E-state index in [0.717, 1.165) is 30.1 Å². The van der Waals surface area contributed by atoms with Crippen LogP contribution in [0.4, 0.5) is 0 Å². The Kier molecular flexibility index (Phi) is 8.23. The second kappa shape index (κ2) is 9.96. The van der Waals surface area contributed by atoms with Gasteiger partial charge in [-0.2, -0.15) is 0 Å². The molecule has 5 saturated carbocycles. The van der Waals surface area contributed by atoms with Crippen molar-refractivity contribution in [2.75, 3.05) is 6.61 Å². The fraction of sp³-hybridized carbons (Fsp3) is 0.935. The van der Waals surface area contributed by atoms with E-state index in [2.05, 4.69) is 34.3 Å². The van der Waals surface area contributed by atoms with Crippen molar-refractivity contribution >= 4 is 0 Å². The minimum absolute atomic E-state index is 0.0647. The average Bonchev–Trinajstić information content (AvgIpc) is 3.23. The normalized spacial score (nSPS) is 49.5. The first-order valence-corrected chi connectivity index (χ1v) is 14.5.